The van der Waals surface area contributed by atoms with E-state index >= 15 is 0 Å². The number of hydrogen-bond acceptors (Lipinski definition) is 0. The lowest BCUT2D eigenvalue weighted by molar-refractivity contribution is -0.200. The van der Waals surface area contributed by atoms with Crippen LogP contribution in [0.4, 0.5) is 0 Å². The average Bonchev–Trinajstić information content (AvgIpc) is 0.705. The summed E-state index contributed by atoms with van der Waals surface area (Å²) in [7, 11) is 0. The van der Waals surface area contributed by atoms with Gasteiger partial charge in [0.2, 0.25) is 0 Å². The van der Waals surface area contributed by atoms with E-state index in [0.717, 1.165) is 213 Å². The molecule has 0 spiro atoms. The fourth-order valence-electron chi connectivity index (χ4n) is 38.2. The second-order valence-corrected chi connectivity index (χ2v) is 43.6. The van der Waals surface area contributed by atoms with E-state index in [0.29, 0.717) is 0 Å². The van der Waals surface area contributed by atoms with Crippen LogP contribution in [0.5, 0.6) is 0 Å². The molecule has 0 bridgehead atoms. The summed E-state index contributed by atoms with van der Waals surface area (Å²) in [6.45, 7) is 0. The van der Waals surface area contributed by atoms with Crippen molar-refractivity contribution >= 4 is 0 Å². The highest BCUT2D eigenvalue weighted by Gasteiger charge is 2.67. The Balaban J connectivity index is 0.761. The second kappa shape index (κ2) is 30.9. The van der Waals surface area contributed by atoms with E-state index in [1.807, 2.05) is 0 Å². The largest absolute Gasteiger partial charge is 0.0533 e. The smallest absolute Gasteiger partial charge is 0.0315 e. The fourth-order valence-corrected chi connectivity index (χ4v) is 38.2. The second-order valence-electron chi connectivity index (χ2n) is 43.6. The van der Waals surface area contributed by atoms with Crippen molar-refractivity contribution < 1.29 is 0 Å². The topological polar surface area (TPSA) is 0 Å². The Kier molecular flexibility index (Phi) is 21.6. The molecule has 19 saturated carbocycles. The third-order valence-corrected chi connectivity index (χ3v) is 40.6. The van der Waals surface area contributed by atoms with Crippen LogP contribution in [0.2, 0.25) is 0 Å². The predicted octanol–water partition coefficient (Wildman–Crippen LogP) is 28.6. The third kappa shape index (κ3) is 12.8. The molecule has 26 unspecified atom stereocenters. The highest BCUT2D eigenvalue weighted by atomic mass is 14.7. The van der Waals surface area contributed by atoms with E-state index in [1.54, 1.807) is 398 Å². The summed E-state index contributed by atoms with van der Waals surface area (Å²) in [5, 5.41) is 0. The molecule has 0 N–H and O–H groups in total. The molecule has 19 rings (SSSR count). The average molecular weight is 1340 g/mol. The van der Waals surface area contributed by atoms with Gasteiger partial charge < -0.3 is 0 Å². The van der Waals surface area contributed by atoms with Gasteiger partial charge in [0.25, 0.3) is 0 Å². The van der Waals surface area contributed by atoms with Crippen molar-refractivity contribution in [2.75, 3.05) is 0 Å². The van der Waals surface area contributed by atoms with Gasteiger partial charge in [-0.15, -0.1) is 0 Å². The van der Waals surface area contributed by atoms with Gasteiger partial charge >= 0.3 is 0 Å². The molecule has 98 heavy (non-hydrogen) atoms. The van der Waals surface area contributed by atoms with E-state index in [1.165, 1.54) is 0 Å². The van der Waals surface area contributed by atoms with Gasteiger partial charge in [-0.1, -0.05) is 295 Å². The molecular formula is C98H160. The molecule has 26 atom stereocenters. The molecule has 19 aliphatic rings. The fraction of sp³-hybridized carbons (Fsp3) is 1.00. The first-order chi connectivity index (χ1) is 48.7. The zero-order chi connectivity index (χ0) is 64.6. The molecule has 0 saturated heterocycles. The first-order valence-corrected chi connectivity index (χ1v) is 48.7. The molecule has 0 aromatic rings. The lowest BCUT2D eigenvalue weighted by atomic mass is 9.37. The van der Waals surface area contributed by atoms with Gasteiger partial charge in [-0.25, -0.2) is 0 Å². The van der Waals surface area contributed by atoms with Gasteiger partial charge in [-0.3, -0.25) is 0 Å². The van der Waals surface area contributed by atoms with Gasteiger partial charge in [-0.2, -0.15) is 0 Å². The first-order valence-electron chi connectivity index (χ1n) is 48.7. The summed E-state index contributed by atoms with van der Waals surface area (Å²) in [6.07, 6.45) is 102. The Hall–Kier alpha value is 0. The highest BCUT2D eigenvalue weighted by Crippen LogP contribution is 2.74. The molecule has 0 amide bonds. The maximum atomic E-state index is 1.73. The molecule has 0 aliphatic heterocycles. The SMILES string of the molecule is C1CCC(C2C(C3CCCCC3)C(C3CCCCC3)C(C3CCC4CCC5CCCC6CCC3C4C56)C(C3CCC(C4C(C5CCCCC5)C(C5CCCCC5)C(C5CCCCC5)C(C5CCCCC5)C4C4CCC5CCC6CCCC7CCC4C5C67)CC3)C2C2CCCCC2)CC1. The van der Waals surface area contributed by atoms with Crippen LogP contribution in [-0.4, -0.2) is 0 Å². The van der Waals surface area contributed by atoms with Crippen LogP contribution in [0, 0.1) is 213 Å². The van der Waals surface area contributed by atoms with Crippen LogP contribution in [0.1, 0.15) is 398 Å². The van der Waals surface area contributed by atoms with Gasteiger partial charge in [-0.05, 0) is 316 Å². The number of rotatable bonds is 12. The molecule has 0 nitrogen and oxygen atoms in total. The van der Waals surface area contributed by atoms with Crippen molar-refractivity contribution in [1.29, 1.82) is 0 Å². The Bertz CT molecular complexity index is 2280. The summed E-state index contributed by atoms with van der Waals surface area (Å²) >= 11 is 0. The van der Waals surface area contributed by atoms with Crippen LogP contribution < -0.4 is 0 Å². The Morgan fingerprint density at radius 1 is 0.0714 bits per heavy atom. The summed E-state index contributed by atoms with van der Waals surface area (Å²) < 4.78 is 0. The minimum atomic E-state index is 1.06. The summed E-state index contributed by atoms with van der Waals surface area (Å²) in [6, 6.07) is 0. The summed E-state index contributed by atoms with van der Waals surface area (Å²) in [5.74, 6) is 39.5. The maximum absolute atomic E-state index is 1.73. The zero-order valence-electron chi connectivity index (χ0n) is 64.6. The van der Waals surface area contributed by atoms with Crippen molar-refractivity contribution in [3.05, 3.63) is 0 Å². The Morgan fingerprint density at radius 2 is 0.194 bits per heavy atom. The minimum Gasteiger partial charge on any atom is -0.0533 e. The Labute approximate surface area is 607 Å². The molecule has 552 valence electrons. The van der Waals surface area contributed by atoms with Crippen LogP contribution >= 0.6 is 0 Å². The van der Waals surface area contributed by atoms with Gasteiger partial charge in [0, 0.05) is 0 Å². The van der Waals surface area contributed by atoms with Crippen molar-refractivity contribution in [2.24, 2.45) is 213 Å². The van der Waals surface area contributed by atoms with Gasteiger partial charge in [0.1, 0.15) is 0 Å². The highest BCUT2D eigenvalue weighted by molar-refractivity contribution is 5.16. The lowest BCUT2D eigenvalue weighted by Gasteiger charge is -2.68. The van der Waals surface area contributed by atoms with Crippen molar-refractivity contribution in [3.63, 3.8) is 0 Å². The minimum absolute atomic E-state index is 1.06. The van der Waals surface area contributed by atoms with E-state index < -0.39 is 0 Å². The van der Waals surface area contributed by atoms with Crippen LogP contribution in [-0.2, 0) is 0 Å². The summed E-state index contributed by atoms with van der Waals surface area (Å²) in [4.78, 5) is 0. The molecule has 19 fully saturated rings. The molecule has 19 aliphatic carbocycles. The Morgan fingerprint density at radius 3 is 0.388 bits per heavy atom. The number of hydrogen-bond donors (Lipinski definition) is 0. The third-order valence-electron chi connectivity index (χ3n) is 40.6. The van der Waals surface area contributed by atoms with Crippen LogP contribution in [0.25, 0.3) is 0 Å². The lowest BCUT2D eigenvalue weighted by Crippen LogP contribution is -2.62. The summed E-state index contributed by atoms with van der Waals surface area (Å²) in [5.41, 5.74) is 0. The predicted molar refractivity (Wildman–Crippen MR) is 412 cm³/mol. The standard InChI is InChI=1S/C98H160/c1-9-27-63(28-10-1)87-89(65-31-13-3-14-32-65)93(69-39-21-7-22-40-69)97(81-61-57-75-49-47-71-43-25-45-73-55-59-79(81)85(75)83(71)73)95(91(87)67-35-17-5-18-36-67)77-51-53-78(54-52-77)96-92(68-37-19-6-20-38-68)88(64-29-11-2-12-30-64)90(66-33-15-4-16-34-66)94(70-41-23-8-24-42-70)98(96)82-62-58-76-50-48-72-44-26-46-74-56-60-80(82)86(76)84(72)74/h63-98H,1-62H2. The van der Waals surface area contributed by atoms with Crippen LogP contribution in [0.15, 0.2) is 0 Å². The maximum Gasteiger partial charge on any atom is -0.0315 e. The van der Waals surface area contributed by atoms with Gasteiger partial charge in [0.05, 0.1) is 0 Å². The van der Waals surface area contributed by atoms with Crippen molar-refractivity contribution in [3.8, 4) is 0 Å². The van der Waals surface area contributed by atoms with Crippen molar-refractivity contribution in [1.82, 2.24) is 0 Å². The van der Waals surface area contributed by atoms with E-state index in [9.17, 15) is 0 Å². The van der Waals surface area contributed by atoms with E-state index in [4.69, 9.17) is 0 Å². The molecule has 0 aromatic carbocycles. The van der Waals surface area contributed by atoms with Crippen LogP contribution in [0.3, 0.4) is 0 Å². The molecule has 0 heterocycles. The monoisotopic (exact) mass is 1340 g/mol. The van der Waals surface area contributed by atoms with E-state index in [-0.39, 0.29) is 0 Å². The molecule has 0 aromatic heterocycles. The molecule has 0 heteroatoms. The molecule has 0 radical (unpaired) electrons. The van der Waals surface area contributed by atoms with E-state index in [2.05, 4.69) is 0 Å². The quantitative estimate of drug-likeness (QED) is 0.183. The van der Waals surface area contributed by atoms with Gasteiger partial charge in [0.15, 0.2) is 0 Å². The normalized spacial score (nSPS) is 50.4. The molecular weight excluding hydrogens is 1180 g/mol. The zero-order valence-corrected chi connectivity index (χ0v) is 64.6. The first kappa shape index (κ1) is 68.5. The van der Waals surface area contributed by atoms with Crippen molar-refractivity contribution in [2.45, 2.75) is 398 Å².